The van der Waals surface area contributed by atoms with Gasteiger partial charge in [-0.3, -0.25) is 4.79 Å². The van der Waals surface area contributed by atoms with Crippen LogP contribution in [-0.2, 0) is 4.79 Å². The first-order valence-electron chi connectivity index (χ1n) is 5.71. The molecule has 0 saturated heterocycles. The quantitative estimate of drug-likeness (QED) is 0.851. The van der Waals surface area contributed by atoms with E-state index in [9.17, 15) is 18.4 Å². The number of hydrogen-bond acceptors (Lipinski definition) is 3. The summed E-state index contributed by atoms with van der Waals surface area (Å²) >= 11 is 1.18. The molecule has 108 valence electrons. The summed E-state index contributed by atoms with van der Waals surface area (Å²) in [5, 5.41) is 12.4. The normalized spacial score (nSPS) is 10.8. The van der Waals surface area contributed by atoms with Crippen LogP contribution in [0.3, 0.4) is 0 Å². The van der Waals surface area contributed by atoms with E-state index in [4.69, 9.17) is 5.11 Å². The maximum absolute atomic E-state index is 13.0. The fourth-order valence-electron chi connectivity index (χ4n) is 1.54. The number of anilines is 1. The Kier molecular flexibility index (Phi) is 4.44. The molecule has 0 aliphatic heterocycles. The van der Waals surface area contributed by atoms with E-state index in [2.05, 4.69) is 5.32 Å². The number of amides is 1. The topological polar surface area (TPSA) is 66.4 Å². The van der Waals surface area contributed by atoms with E-state index in [1.807, 2.05) is 0 Å². The van der Waals surface area contributed by atoms with Gasteiger partial charge in [-0.25, -0.2) is 13.6 Å². The van der Waals surface area contributed by atoms with Crippen LogP contribution in [0.5, 0.6) is 0 Å². The molecule has 0 bridgehead atoms. The van der Waals surface area contributed by atoms with E-state index in [0.717, 1.165) is 18.2 Å². The van der Waals surface area contributed by atoms with Gasteiger partial charge in [0.25, 0.3) is 5.91 Å². The monoisotopic (exact) mass is 309 g/mol. The summed E-state index contributed by atoms with van der Waals surface area (Å²) in [6.45, 7) is 0. The number of carbonyl (C=O) groups is 2. The molecule has 0 unspecified atom stereocenters. The summed E-state index contributed by atoms with van der Waals surface area (Å²) in [6.07, 6.45) is 2.31. The summed E-state index contributed by atoms with van der Waals surface area (Å²) in [6, 6.07) is 4.18. The van der Waals surface area contributed by atoms with Gasteiger partial charge in [-0.1, -0.05) is 0 Å². The lowest BCUT2D eigenvalue weighted by Gasteiger charge is -2.03. The van der Waals surface area contributed by atoms with Crippen LogP contribution in [0.4, 0.5) is 14.5 Å². The number of carbonyl (C=O) groups excluding carboxylic acids is 1. The summed E-state index contributed by atoms with van der Waals surface area (Å²) in [5.41, 5.74) is 0.279. The largest absolute Gasteiger partial charge is 0.478 e. The van der Waals surface area contributed by atoms with Crippen LogP contribution in [0.25, 0.3) is 6.08 Å². The molecule has 4 nitrogen and oxygen atoms in total. The second-order valence-corrected chi connectivity index (χ2v) is 4.96. The molecule has 1 heterocycles. The van der Waals surface area contributed by atoms with Gasteiger partial charge < -0.3 is 10.4 Å². The van der Waals surface area contributed by atoms with Gasteiger partial charge in [0.15, 0.2) is 0 Å². The smallest absolute Gasteiger partial charge is 0.328 e. The lowest BCUT2D eigenvalue weighted by Crippen LogP contribution is -2.11. The predicted molar refractivity (Wildman–Crippen MR) is 75.3 cm³/mol. The molecule has 0 radical (unpaired) electrons. The van der Waals surface area contributed by atoms with Gasteiger partial charge in [-0.2, -0.15) is 0 Å². The van der Waals surface area contributed by atoms with Crippen molar-refractivity contribution < 1.29 is 23.5 Å². The van der Waals surface area contributed by atoms with Gasteiger partial charge in [0.05, 0.1) is 5.56 Å². The lowest BCUT2D eigenvalue weighted by molar-refractivity contribution is -0.131. The Hall–Kier alpha value is -2.54. The minimum atomic E-state index is -1.09. The molecule has 7 heteroatoms. The number of nitrogens with one attached hydrogen (secondary N) is 1. The van der Waals surface area contributed by atoms with Crippen LogP contribution in [-0.4, -0.2) is 17.0 Å². The standard InChI is InChI=1S/C14H9F2NO3S/c15-9-4-10(16)6-11(5-9)17-14(20)8-3-12(21-7-8)1-2-13(18)19/h1-7H,(H,17,20)(H,18,19). The van der Waals surface area contributed by atoms with Gasteiger partial charge in [-0.15, -0.1) is 11.3 Å². The maximum Gasteiger partial charge on any atom is 0.328 e. The molecular weight excluding hydrogens is 300 g/mol. The third-order valence-electron chi connectivity index (χ3n) is 2.39. The maximum atomic E-state index is 13.0. The number of aliphatic carboxylic acids is 1. The van der Waals surface area contributed by atoms with Crippen molar-refractivity contribution in [2.45, 2.75) is 0 Å². The molecule has 2 aromatic rings. The molecule has 0 spiro atoms. The third kappa shape index (κ3) is 4.22. The molecule has 0 saturated carbocycles. The summed E-state index contributed by atoms with van der Waals surface area (Å²) in [5.74, 6) is -3.21. The molecule has 1 amide bonds. The van der Waals surface area contributed by atoms with Crippen molar-refractivity contribution in [1.29, 1.82) is 0 Å². The van der Waals surface area contributed by atoms with E-state index in [-0.39, 0.29) is 11.3 Å². The number of rotatable bonds is 4. The molecule has 0 aliphatic rings. The first-order chi connectivity index (χ1) is 9.94. The van der Waals surface area contributed by atoms with Crippen molar-refractivity contribution in [3.05, 3.63) is 57.8 Å². The summed E-state index contributed by atoms with van der Waals surface area (Å²) < 4.78 is 26.0. The van der Waals surface area contributed by atoms with Crippen molar-refractivity contribution >= 4 is 35.0 Å². The average Bonchev–Trinajstić information content (AvgIpc) is 2.83. The number of carboxylic acids is 1. The van der Waals surface area contributed by atoms with Crippen LogP contribution in [0.15, 0.2) is 35.7 Å². The van der Waals surface area contributed by atoms with Crippen molar-refractivity contribution in [3.8, 4) is 0 Å². The number of carboxylic acid groups (broad SMARTS) is 1. The second-order valence-electron chi connectivity index (χ2n) is 4.02. The first-order valence-corrected chi connectivity index (χ1v) is 6.59. The molecule has 0 fully saturated rings. The molecule has 21 heavy (non-hydrogen) atoms. The molecular formula is C14H9F2NO3S. The first kappa shape index (κ1) is 14.9. The van der Waals surface area contributed by atoms with E-state index >= 15 is 0 Å². The SMILES string of the molecule is O=C(O)C=Cc1cc(C(=O)Nc2cc(F)cc(F)c2)cs1. The van der Waals surface area contributed by atoms with Crippen LogP contribution < -0.4 is 5.32 Å². The highest BCUT2D eigenvalue weighted by Gasteiger charge is 2.10. The fourth-order valence-corrected chi connectivity index (χ4v) is 2.32. The van der Waals surface area contributed by atoms with Gasteiger partial charge >= 0.3 is 5.97 Å². The Morgan fingerprint density at radius 2 is 1.81 bits per heavy atom. The number of benzene rings is 1. The number of thiophene rings is 1. The van der Waals surface area contributed by atoms with Crippen molar-refractivity contribution in [2.24, 2.45) is 0 Å². The molecule has 1 aromatic carbocycles. The van der Waals surface area contributed by atoms with Crippen LogP contribution >= 0.6 is 11.3 Å². The molecule has 0 aliphatic carbocycles. The Bertz CT molecular complexity index is 705. The summed E-state index contributed by atoms with van der Waals surface area (Å²) in [4.78, 5) is 22.9. The Labute approximate surface area is 122 Å². The Morgan fingerprint density at radius 3 is 2.43 bits per heavy atom. The van der Waals surface area contributed by atoms with Crippen LogP contribution in [0.1, 0.15) is 15.2 Å². The zero-order valence-corrected chi connectivity index (χ0v) is 11.3. The van der Waals surface area contributed by atoms with E-state index in [0.29, 0.717) is 10.9 Å². The Morgan fingerprint density at radius 1 is 1.14 bits per heavy atom. The third-order valence-corrected chi connectivity index (χ3v) is 3.29. The van der Waals surface area contributed by atoms with Crippen molar-refractivity contribution in [1.82, 2.24) is 0 Å². The summed E-state index contributed by atoms with van der Waals surface area (Å²) in [7, 11) is 0. The second kappa shape index (κ2) is 6.27. The van der Waals surface area contributed by atoms with Crippen molar-refractivity contribution in [2.75, 3.05) is 5.32 Å². The van der Waals surface area contributed by atoms with Gasteiger partial charge in [0.2, 0.25) is 0 Å². The molecule has 0 atom stereocenters. The fraction of sp³-hybridized carbons (Fsp3) is 0. The number of hydrogen-bond donors (Lipinski definition) is 2. The highest BCUT2D eigenvalue weighted by atomic mass is 32.1. The minimum Gasteiger partial charge on any atom is -0.478 e. The molecule has 2 rings (SSSR count). The van der Waals surface area contributed by atoms with Gasteiger partial charge in [0.1, 0.15) is 11.6 Å². The lowest BCUT2D eigenvalue weighted by atomic mass is 10.2. The van der Waals surface area contributed by atoms with E-state index in [1.165, 1.54) is 28.9 Å². The Balaban J connectivity index is 2.11. The average molecular weight is 309 g/mol. The highest BCUT2D eigenvalue weighted by Crippen LogP contribution is 2.19. The van der Waals surface area contributed by atoms with Gasteiger partial charge in [0, 0.05) is 28.1 Å². The zero-order valence-electron chi connectivity index (χ0n) is 10.5. The van der Waals surface area contributed by atoms with Crippen LogP contribution in [0, 0.1) is 11.6 Å². The van der Waals surface area contributed by atoms with E-state index in [1.54, 1.807) is 0 Å². The zero-order chi connectivity index (χ0) is 15.4. The van der Waals surface area contributed by atoms with E-state index < -0.39 is 23.5 Å². The molecule has 2 N–H and O–H groups in total. The van der Waals surface area contributed by atoms with Crippen LogP contribution in [0.2, 0.25) is 0 Å². The molecule has 1 aromatic heterocycles. The predicted octanol–water partition coefficient (Wildman–Crippen LogP) is 3.38. The highest BCUT2D eigenvalue weighted by molar-refractivity contribution is 7.11. The minimum absolute atomic E-state index is 0.00586. The van der Waals surface area contributed by atoms with Crippen molar-refractivity contribution in [3.63, 3.8) is 0 Å². The van der Waals surface area contributed by atoms with Gasteiger partial charge in [-0.05, 0) is 24.3 Å². The number of halogens is 2.